The van der Waals surface area contributed by atoms with Crippen molar-refractivity contribution in [3.05, 3.63) is 92.6 Å². The van der Waals surface area contributed by atoms with Gasteiger partial charge in [-0.2, -0.15) is 0 Å². The smallest absolute Gasteiger partial charge is 0.217 e. The molecular formula is C24H20N4O3. The molecule has 0 unspecified atom stereocenters. The van der Waals surface area contributed by atoms with Crippen LogP contribution in [-0.4, -0.2) is 28.0 Å². The first-order chi connectivity index (χ1) is 15.0. The number of carbonyl (C=O) groups is 1. The van der Waals surface area contributed by atoms with Crippen molar-refractivity contribution in [3.8, 4) is 5.75 Å². The van der Waals surface area contributed by atoms with E-state index in [0.717, 1.165) is 32.9 Å². The number of nitrogens with one attached hydrogen (secondary N) is 2. The number of aryl methyl sites for hydroxylation is 2. The van der Waals surface area contributed by atoms with Gasteiger partial charge in [0.25, 0.3) is 0 Å². The van der Waals surface area contributed by atoms with Crippen molar-refractivity contribution in [2.45, 2.75) is 13.8 Å². The monoisotopic (exact) mass is 412 g/mol. The molecule has 2 N–H and O–H groups in total. The first-order valence-corrected chi connectivity index (χ1v) is 9.84. The molecule has 0 aliphatic carbocycles. The maximum absolute atomic E-state index is 13.3. The van der Waals surface area contributed by atoms with Gasteiger partial charge in [0, 0.05) is 28.7 Å². The third-order valence-corrected chi connectivity index (χ3v) is 5.30. The van der Waals surface area contributed by atoms with Crippen molar-refractivity contribution >= 4 is 23.1 Å². The van der Waals surface area contributed by atoms with Crippen LogP contribution in [-0.2, 0) is 0 Å². The molecule has 154 valence electrons. The van der Waals surface area contributed by atoms with Crippen molar-refractivity contribution in [2.24, 2.45) is 4.99 Å². The zero-order valence-electron chi connectivity index (χ0n) is 17.3. The van der Waals surface area contributed by atoms with Gasteiger partial charge in [-0.3, -0.25) is 4.79 Å². The molecule has 0 spiro atoms. The fraction of sp³-hybridized carbons (Fsp3) is 0.125. The molecule has 7 nitrogen and oxygen atoms in total. The van der Waals surface area contributed by atoms with Crippen LogP contribution in [0.25, 0.3) is 17.3 Å². The normalized spacial score (nSPS) is 15.2. The minimum absolute atomic E-state index is 0.238. The maximum atomic E-state index is 13.3. The van der Waals surface area contributed by atoms with Gasteiger partial charge in [0.05, 0.1) is 34.4 Å². The van der Waals surface area contributed by atoms with Crippen LogP contribution in [0.3, 0.4) is 0 Å². The second-order valence-electron chi connectivity index (χ2n) is 7.42. The highest BCUT2D eigenvalue weighted by Gasteiger charge is 2.24. The fourth-order valence-corrected chi connectivity index (χ4v) is 3.87. The molecule has 1 aromatic carbocycles. The van der Waals surface area contributed by atoms with Crippen LogP contribution in [0.5, 0.6) is 5.75 Å². The molecule has 5 rings (SSSR count). The Morgan fingerprint density at radius 1 is 1.13 bits per heavy atom. The number of H-pyrrole nitrogens is 2. The molecule has 0 saturated heterocycles. The summed E-state index contributed by atoms with van der Waals surface area (Å²) in [4.78, 5) is 24.7. The first-order valence-electron chi connectivity index (χ1n) is 9.84. The third kappa shape index (κ3) is 3.20. The van der Waals surface area contributed by atoms with E-state index < -0.39 is 0 Å². The number of Topliss-reactive ketones (excluding diaryl/α,β-unsaturated/α-hetero) is 1. The molecule has 0 fully saturated rings. The largest absolute Gasteiger partial charge is 0.494 e. The number of aromatic nitrogens is 3. The van der Waals surface area contributed by atoms with Gasteiger partial charge in [0.2, 0.25) is 5.78 Å². The van der Waals surface area contributed by atoms with Gasteiger partial charge in [-0.25, -0.2) is 4.99 Å². The number of aromatic amines is 2. The van der Waals surface area contributed by atoms with Crippen LogP contribution in [0.1, 0.15) is 27.4 Å². The molecule has 4 heterocycles. The van der Waals surface area contributed by atoms with Gasteiger partial charge in [-0.15, -0.1) is 0 Å². The Kier molecular flexibility index (Phi) is 4.43. The standard InChI is InChI=1S/C24H20N4O3/c1-13-10-14(2)25-18(13)11-19-21(30-3)12-20(26-19)23-22(24(29)17-8-9-31-28-17)15-6-4-5-7-16(15)27-23/h4-12,25-26H,1-3H3/b19-11?,23-20-. The molecule has 7 heteroatoms. The van der Waals surface area contributed by atoms with Crippen LogP contribution in [0.4, 0.5) is 0 Å². The molecule has 1 aliphatic heterocycles. The topological polar surface area (TPSA) is 96.3 Å². The van der Waals surface area contributed by atoms with Crippen LogP contribution < -0.4 is 26.0 Å². The molecule has 4 aromatic rings. The number of methoxy groups -OCH3 is 1. The highest BCUT2D eigenvalue weighted by atomic mass is 16.5. The highest BCUT2D eigenvalue weighted by molar-refractivity contribution is 6.34. The number of fused-ring (bicyclic) bond motifs is 1. The predicted molar refractivity (Wildman–Crippen MR) is 115 cm³/mol. The lowest BCUT2D eigenvalue weighted by atomic mass is 10.0. The minimum atomic E-state index is -0.243. The number of hydrogen-bond donors (Lipinski definition) is 2. The number of ketones is 1. The molecule has 0 amide bonds. The number of ether oxygens (including phenoxy) is 1. The van der Waals surface area contributed by atoms with E-state index in [2.05, 4.69) is 21.2 Å². The summed E-state index contributed by atoms with van der Waals surface area (Å²) < 4.78 is 10.5. The average molecular weight is 412 g/mol. The van der Waals surface area contributed by atoms with Gasteiger partial charge in [-0.05, 0) is 37.6 Å². The van der Waals surface area contributed by atoms with E-state index in [4.69, 9.17) is 14.3 Å². The number of benzene rings is 1. The lowest BCUT2D eigenvalue weighted by molar-refractivity contribution is 0.104. The Bertz CT molecular complexity index is 1550. The summed E-state index contributed by atoms with van der Waals surface area (Å²) in [7, 11) is 1.62. The Hall–Kier alpha value is -4.13. The van der Waals surface area contributed by atoms with E-state index in [1.165, 1.54) is 6.26 Å². The predicted octanol–water partition coefficient (Wildman–Crippen LogP) is 1.26. The molecular weight excluding hydrogens is 392 g/mol. The molecule has 31 heavy (non-hydrogen) atoms. The quantitative estimate of drug-likeness (QED) is 0.493. The lowest BCUT2D eigenvalue weighted by Crippen LogP contribution is -2.25. The lowest BCUT2D eigenvalue weighted by Gasteiger charge is -2.00. The van der Waals surface area contributed by atoms with E-state index >= 15 is 0 Å². The Labute approximate surface area is 177 Å². The van der Waals surface area contributed by atoms with Crippen molar-refractivity contribution in [2.75, 3.05) is 7.11 Å². The van der Waals surface area contributed by atoms with E-state index in [9.17, 15) is 4.79 Å². The molecule has 1 aliphatic rings. The summed E-state index contributed by atoms with van der Waals surface area (Å²) in [5.74, 6) is 0.418. The number of para-hydroxylation sites is 1. The Morgan fingerprint density at radius 2 is 1.97 bits per heavy atom. The van der Waals surface area contributed by atoms with E-state index in [-0.39, 0.29) is 11.5 Å². The SMILES string of the molecule is COc1c/c(=C2/N=c3ccccc3=C2C(=O)c2ccon2)[nH]c1=Cc1[nH]c(C)cc1C. The minimum Gasteiger partial charge on any atom is -0.494 e. The van der Waals surface area contributed by atoms with E-state index in [1.807, 2.05) is 50.3 Å². The third-order valence-electron chi connectivity index (χ3n) is 5.30. The summed E-state index contributed by atoms with van der Waals surface area (Å²) in [6.07, 6.45) is 3.38. The van der Waals surface area contributed by atoms with Crippen LogP contribution in [0, 0.1) is 13.8 Å². The molecule has 3 aromatic heterocycles. The van der Waals surface area contributed by atoms with Gasteiger partial charge in [-0.1, -0.05) is 23.4 Å². The van der Waals surface area contributed by atoms with Gasteiger partial charge in [0.15, 0.2) is 5.69 Å². The molecule has 0 bridgehead atoms. The van der Waals surface area contributed by atoms with Crippen molar-refractivity contribution in [1.82, 2.24) is 15.1 Å². The van der Waals surface area contributed by atoms with Crippen LogP contribution in [0.2, 0.25) is 0 Å². The summed E-state index contributed by atoms with van der Waals surface area (Å²) in [5.41, 5.74) is 4.47. The number of nitrogens with zero attached hydrogens (tertiary/aromatic N) is 2. The van der Waals surface area contributed by atoms with Crippen molar-refractivity contribution < 1.29 is 14.1 Å². The zero-order chi connectivity index (χ0) is 21.5. The zero-order valence-corrected chi connectivity index (χ0v) is 17.3. The average Bonchev–Trinajstić information content (AvgIpc) is 3.53. The molecule has 0 radical (unpaired) electrons. The number of hydrogen-bond acceptors (Lipinski definition) is 5. The van der Waals surface area contributed by atoms with Crippen molar-refractivity contribution in [3.63, 3.8) is 0 Å². The van der Waals surface area contributed by atoms with Crippen molar-refractivity contribution in [1.29, 1.82) is 0 Å². The summed E-state index contributed by atoms with van der Waals surface area (Å²) in [5, 5.41) is 6.80. The maximum Gasteiger partial charge on any atom is 0.217 e. The highest BCUT2D eigenvalue weighted by Crippen LogP contribution is 2.19. The second-order valence-corrected chi connectivity index (χ2v) is 7.42. The van der Waals surface area contributed by atoms with E-state index in [0.29, 0.717) is 22.4 Å². The van der Waals surface area contributed by atoms with Gasteiger partial charge < -0.3 is 19.2 Å². The van der Waals surface area contributed by atoms with Gasteiger partial charge in [0.1, 0.15) is 12.0 Å². The van der Waals surface area contributed by atoms with Gasteiger partial charge >= 0.3 is 0 Å². The van der Waals surface area contributed by atoms with E-state index in [1.54, 1.807) is 13.2 Å². The molecule has 0 atom stereocenters. The van der Waals surface area contributed by atoms with Crippen LogP contribution >= 0.6 is 0 Å². The van der Waals surface area contributed by atoms with Crippen LogP contribution in [0.15, 0.2) is 58.2 Å². The second kappa shape index (κ2) is 7.28. The summed E-state index contributed by atoms with van der Waals surface area (Å²) in [6, 6.07) is 13.1. The summed E-state index contributed by atoms with van der Waals surface area (Å²) >= 11 is 0. The first kappa shape index (κ1) is 18.9. The molecule has 0 saturated carbocycles. The Balaban J connectivity index is 1.78. The number of carbonyl (C=O) groups excluding carboxylic acids is 1. The number of rotatable bonds is 4. The summed E-state index contributed by atoms with van der Waals surface area (Å²) in [6.45, 7) is 4.06. The Morgan fingerprint density at radius 3 is 2.68 bits per heavy atom. The fourth-order valence-electron chi connectivity index (χ4n) is 3.87.